The van der Waals surface area contributed by atoms with Crippen molar-refractivity contribution in [3.8, 4) is 17.2 Å². The van der Waals surface area contributed by atoms with Crippen LogP contribution in [0.3, 0.4) is 0 Å². The highest BCUT2D eigenvalue weighted by molar-refractivity contribution is 6.07. The quantitative estimate of drug-likeness (QED) is 0.525. The van der Waals surface area contributed by atoms with Crippen LogP contribution in [0, 0.1) is 13.8 Å². The van der Waals surface area contributed by atoms with E-state index in [0.29, 0.717) is 59.8 Å². The first-order chi connectivity index (χ1) is 15.1. The lowest BCUT2D eigenvalue weighted by atomic mass is 10.1. The van der Waals surface area contributed by atoms with Crippen molar-refractivity contribution in [1.29, 1.82) is 0 Å². The van der Waals surface area contributed by atoms with Crippen molar-refractivity contribution in [3.63, 3.8) is 0 Å². The molecule has 0 saturated heterocycles. The Morgan fingerprint density at radius 1 is 1.16 bits per heavy atom. The number of carbonyl (C=O) groups excluding carboxylic acids is 1. The molecule has 0 saturated carbocycles. The molecule has 0 unspecified atom stereocenters. The largest absolute Gasteiger partial charge is 0.489 e. The molecule has 0 bridgehead atoms. The van der Waals surface area contributed by atoms with Gasteiger partial charge in [-0.05, 0) is 32.0 Å². The molecule has 0 radical (unpaired) electrons. The highest BCUT2D eigenvalue weighted by Gasteiger charge is 2.27. The maximum absolute atomic E-state index is 13.6. The fourth-order valence-corrected chi connectivity index (χ4v) is 3.50. The zero-order valence-electron chi connectivity index (χ0n) is 17.6. The summed E-state index contributed by atoms with van der Waals surface area (Å²) in [5.41, 5.74) is 2.52. The third kappa shape index (κ3) is 4.26. The highest BCUT2D eigenvalue weighted by Crippen LogP contribution is 2.36. The first-order valence-corrected chi connectivity index (χ1v) is 10.0. The number of hydrogen-bond acceptors (Lipinski definition) is 6. The smallest absolute Gasteiger partial charge is 0.264 e. The number of carbonyl (C=O) groups is 1. The molecule has 4 rings (SSSR count). The molecular weight excluding hydrogens is 396 g/mol. The number of amides is 1. The molecule has 160 valence electrons. The third-order valence-electron chi connectivity index (χ3n) is 4.99. The van der Waals surface area contributed by atoms with E-state index in [2.05, 4.69) is 11.7 Å². The normalized spacial score (nSPS) is 12.3. The van der Waals surface area contributed by atoms with E-state index in [0.717, 1.165) is 5.56 Å². The van der Waals surface area contributed by atoms with Crippen LogP contribution in [-0.4, -0.2) is 30.9 Å². The number of fused-ring (bicyclic) bond motifs is 1. The summed E-state index contributed by atoms with van der Waals surface area (Å²) in [6.07, 6.45) is 1.68. The van der Waals surface area contributed by atoms with Crippen LogP contribution in [0.2, 0.25) is 0 Å². The van der Waals surface area contributed by atoms with Gasteiger partial charge in [-0.25, -0.2) is 0 Å². The van der Waals surface area contributed by atoms with Gasteiger partial charge in [0.15, 0.2) is 11.5 Å². The van der Waals surface area contributed by atoms with Crippen LogP contribution in [0.15, 0.2) is 59.6 Å². The van der Waals surface area contributed by atoms with Crippen LogP contribution in [0.25, 0.3) is 0 Å². The van der Waals surface area contributed by atoms with Gasteiger partial charge in [-0.15, -0.1) is 0 Å². The van der Waals surface area contributed by atoms with Crippen LogP contribution in [0.5, 0.6) is 17.2 Å². The van der Waals surface area contributed by atoms with Gasteiger partial charge in [-0.1, -0.05) is 36.0 Å². The monoisotopic (exact) mass is 420 g/mol. The summed E-state index contributed by atoms with van der Waals surface area (Å²) in [6.45, 7) is 8.82. The molecule has 0 aliphatic carbocycles. The summed E-state index contributed by atoms with van der Waals surface area (Å²) in [7, 11) is 0. The molecule has 1 aliphatic heterocycles. The van der Waals surface area contributed by atoms with Gasteiger partial charge in [-0.2, -0.15) is 0 Å². The molecule has 0 atom stereocenters. The van der Waals surface area contributed by atoms with Crippen molar-refractivity contribution in [1.82, 2.24) is 5.16 Å². The zero-order chi connectivity index (χ0) is 21.8. The summed E-state index contributed by atoms with van der Waals surface area (Å²) < 4.78 is 22.4. The molecule has 3 aromatic rings. The Bertz CT molecular complexity index is 1090. The van der Waals surface area contributed by atoms with Crippen LogP contribution in [0.4, 0.5) is 5.69 Å². The first kappa shape index (κ1) is 20.5. The van der Waals surface area contributed by atoms with Gasteiger partial charge >= 0.3 is 0 Å². The minimum atomic E-state index is -0.216. The third-order valence-corrected chi connectivity index (χ3v) is 4.99. The fraction of sp³-hybridized carbons (Fsp3) is 0.250. The minimum absolute atomic E-state index is 0.216. The van der Waals surface area contributed by atoms with Crippen molar-refractivity contribution in [2.45, 2.75) is 20.4 Å². The summed E-state index contributed by atoms with van der Waals surface area (Å²) in [5, 5.41) is 3.95. The Labute approximate surface area is 180 Å². The predicted octanol–water partition coefficient (Wildman–Crippen LogP) is 4.47. The molecule has 31 heavy (non-hydrogen) atoms. The number of aryl methyl sites for hydroxylation is 2. The van der Waals surface area contributed by atoms with E-state index in [-0.39, 0.29) is 12.5 Å². The molecule has 1 aromatic heterocycles. The maximum atomic E-state index is 13.6. The minimum Gasteiger partial charge on any atom is -0.489 e. The number of para-hydroxylation sites is 1. The van der Waals surface area contributed by atoms with Crippen LogP contribution in [0.1, 0.15) is 27.4 Å². The van der Waals surface area contributed by atoms with Gasteiger partial charge in [-0.3, -0.25) is 4.79 Å². The molecular formula is C24H24N2O5. The van der Waals surface area contributed by atoms with Gasteiger partial charge in [0.05, 0.1) is 12.2 Å². The molecule has 7 nitrogen and oxygen atoms in total. The van der Waals surface area contributed by atoms with Crippen LogP contribution in [-0.2, 0) is 6.54 Å². The standard InChI is InChI=1S/C24H24N2O5/c1-4-11-28-20-8-6-5-7-18(20)15-26(24(27)23-16(2)25-31-17(23)3)19-9-10-21-22(14-19)30-13-12-29-21/h4-10,14H,1,11-13,15H2,2-3H3. The second kappa shape index (κ2) is 8.95. The number of nitrogens with zero attached hydrogens (tertiary/aromatic N) is 2. The summed E-state index contributed by atoms with van der Waals surface area (Å²) in [4.78, 5) is 15.3. The van der Waals surface area contributed by atoms with Crippen molar-refractivity contribution in [2.24, 2.45) is 0 Å². The lowest BCUT2D eigenvalue weighted by Gasteiger charge is -2.26. The number of benzene rings is 2. The summed E-state index contributed by atoms with van der Waals surface area (Å²) in [5.74, 6) is 2.22. The fourth-order valence-electron chi connectivity index (χ4n) is 3.50. The number of hydrogen-bond donors (Lipinski definition) is 0. The number of aromatic nitrogens is 1. The second-order valence-corrected chi connectivity index (χ2v) is 7.13. The topological polar surface area (TPSA) is 74.0 Å². The van der Waals surface area contributed by atoms with Crippen molar-refractivity contribution >= 4 is 11.6 Å². The Morgan fingerprint density at radius 3 is 2.68 bits per heavy atom. The van der Waals surface area contributed by atoms with Crippen molar-refractivity contribution in [3.05, 3.63) is 77.7 Å². The zero-order valence-corrected chi connectivity index (χ0v) is 17.6. The van der Waals surface area contributed by atoms with Gasteiger partial charge in [0.25, 0.3) is 5.91 Å². The molecule has 0 N–H and O–H groups in total. The summed E-state index contributed by atoms with van der Waals surface area (Å²) >= 11 is 0. The molecule has 0 fully saturated rings. The second-order valence-electron chi connectivity index (χ2n) is 7.13. The lowest BCUT2D eigenvalue weighted by molar-refractivity contribution is 0.0983. The molecule has 2 aromatic carbocycles. The lowest BCUT2D eigenvalue weighted by Crippen LogP contribution is -2.31. The Morgan fingerprint density at radius 2 is 1.94 bits per heavy atom. The van der Waals surface area contributed by atoms with Gasteiger partial charge < -0.3 is 23.6 Å². The predicted molar refractivity (Wildman–Crippen MR) is 116 cm³/mol. The van der Waals surface area contributed by atoms with E-state index in [4.69, 9.17) is 18.7 Å². The van der Waals surface area contributed by atoms with Crippen molar-refractivity contribution < 1.29 is 23.5 Å². The SMILES string of the molecule is C=CCOc1ccccc1CN(C(=O)c1c(C)noc1C)c1ccc2c(c1)OCCO2. The molecule has 1 amide bonds. The van der Waals surface area contributed by atoms with Gasteiger partial charge in [0.1, 0.15) is 36.9 Å². The van der Waals surface area contributed by atoms with E-state index in [1.54, 1.807) is 24.8 Å². The van der Waals surface area contributed by atoms with E-state index >= 15 is 0 Å². The average molecular weight is 420 g/mol. The van der Waals surface area contributed by atoms with E-state index in [1.165, 1.54) is 0 Å². The molecule has 1 aliphatic rings. The van der Waals surface area contributed by atoms with Crippen LogP contribution < -0.4 is 19.1 Å². The van der Waals surface area contributed by atoms with E-state index in [9.17, 15) is 4.79 Å². The Hall–Kier alpha value is -3.74. The first-order valence-electron chi connectivity index (χ1n) is 10.0. The molecule has 0 spiro atoms. The highest BCUT2D eigenvalue weighted by atomic mass is 16.6. The van der Waals surface area contributed by atoms with E-state index in [1.807, 2.05) is 42.5 Å². The van der Waals surface area contributed by atoms with Gasteiger partial charge in [0.2, 0.25) is 0 Å². The Kier molecular flexibility index (Phi) is 5.93. The Balaban J connectivity index is 1.75. The average Bonchev–Trinajstić information content (AvgIpc) is 3.13. The number of rotatable bonds is 7. The number of ether oxygens (including phenoxy) is 3. The van der Waals surface area contributed by atoms with Crippen LogP contribution >= 0.6 is 0 Å². The maximum Gasteiger partial charge on any atom is 0.264 e. The van der Waals surface area contributed by atoms with Crippen molar-refractivity contribution in [2.75, 3.05) is 24.7 Å². The summed E-state index contributed by atoms with van der Waals surface area (Å²) in [6, 6.07) is 13.1. The number of anilines is 1. The molecule has 7 heteroatoms. The molecule has 2 heterocycles. The van der Waals surface area contributed by atoms with Gasteiger partial charge in [0, 0.05) is 17.3 Å². The van der Waals surface area contributed by atoms with E-state index < -0.39 is 0 Å².